The van der Waals surface area contributed by atoms with E-state index < -0.39 is 0 Å². The molecule has 2 aromatic carbocycles. The second kappa shape index (κ2) is 8.75. The number of rotatable bonds is 0. The van der Waals surface area contributed by atoms with E-state index in [0.717, 1.165) is 49.7 Å². The summed E-state index contributed by atoms with van der Waals surface area (Å²) < 4.78 is 0. The molecule has 4 N–H and O–H groups in total. The maximum absolute atomic E-state index is 9.49. The van der Waals surface area contributed by atoms with Gasteiger partial charge in [0.25, 0.3) is 0 Å². The van der Waals surface area contributed by atoms with Crippen LogP contribution in [-0.4, -0.2) is 20.4 Å². The predicted molar refractivity (Wildman–Crippen MR) is 92.8 cm³/mol. The van der Waals surface area contributed by atoms with Crippen molar-refractivity contribution < 1.29 is 46.6 Å². The minimum absolute atomic E-state index is 0. The first-order chi connectivity index (χ1) is 11.6. The molecule has 4 nitrogen and oxygen atoms in total. The van der Waals surface area contributed by atoms with Crippen molar-refractivity contribution in [3.63, 3.8) is 0 Å². The Morgan fingerprint density at radius 3 is 1.28 bits per heavy atom. The molecule has 25 heavy (non-hydrogen) atoms. The zero-order valence-corrected chi connectivity index (χ0v) is 16.7. The number of benzene rings is 2. The van der Waals surface area contributed by atoms with Crippen molar-refractivity contribution >= 4 is 0 Å². The van der Waals surface area contributed by atoms with Gasteiger partial charge in [0.05, 0.1) is 0 Å². The summed E-state index contributed by atoms with van der Waals surface area (Å²) >= 11 is 0. The Bertz CT molecular complexity index is 679. The number of hydrogen-bond acceptors (Lipinski definition) is 4. The molecule has 0 atom stereocenters. The van der Waals surface area contributed by atoms with E-state index in [-0.39, 0.29) is 49.2 Å². The van der Waals surface area contributed by atoms with Gasteiger partial charge in [0.15, 0.2) is 23.0 Å². The van der Waals surface area contributed by atoms with Gasteiger partial charge in [-0.1, -0.05) is 12.1 Å². The SMILES string of the molecule is Oc1ccc2c(c1O)CCCC2.Oc1ccc2c(c1O)CCCC2.[Zr]. The van der Waals surface area contributed by atoms with Crippen LogP contribution in [0.1, 0.15) is 47.9 Å². The molecule has 0 bridgehead atoms. The van der Waals surface area contributed by atoms with E-state index in [1.54, 1.807) is 12.1 Å². The van der Waals surface area contributed by atoms with Crippen molar-refractivity contribution in [1.82, 2.24) is 0 Å². The summed E-state index contributed by atoms with van der Waals surface area (Å²) in [6.45, 7) is 0. The summed E-state index contributed by atoms with van der Waals surface area (Å²) in [6.07, 6.45) is 8.47. The van der Waals surface area contributed by atoms with Crippen LogP contribution in [0.15, 0.2) is 24.3 Å². The standard InChI is InChI=1S/2C10H12O2.Zr/c2*11-9-6-5-7-3-1-2-4-8(7)10(9)12;/h2*5-6,11-12H,1-4H2;. The molecular weight excluding hydrogens is 395 g/mol. The quantitative estimate of drug-likeness (QED) is 0.488. The molecule has 2 aliphatic rings. The van der Waals surface area contributed by atoms with Crippen LogP contribution in [0, 0.1) is 0 Å². The first-order valence-corrected chi connectivity index (χ1v) is 8.63. The van der Waals surface area contributed by atoms with Crippen molar-refractivity contribution in [3.05, 3.63) is 46.5 Å². The Balaban J connectivity index is 0.000000173. The number of phenols is 4. The van der Waals surface area contributed by atoms with Crippen molar-refractivity contribution in [2.45, 2.75) is 51.4 Å². The van der Waals surface area contributed by atoms with Crippen LogP contribution in [0.4, 0.5) is 0 Å². The van der Waals surface area contributed by atoms with E-state index in [2.05, 4.69) is 0 Å². The van der Waals surface area contributed by atoms with E-state index in [1.807, 2.05) is 12.1 Å². The largest absolute Gasteiger partial charge is 0.504 e. The molecule has 2 aromatic rings. The van der Waals surface area contributed by atoms with E-state index in [0.29, 0.717) is 0 Å². The average Bonchev–Trinajstić information content (AvgIpc) is 2.62. The third kappa shape index (κ3) is 4.38. The van der Waals surface area contributed by atoms with E-state index in [4.69, 9.17) is 0 Å². The normalized spacial score (nSPS) is 15.0. The van der Waals surface area contributed by atoms with Gasteiger partial charge in [-0.2, -0.15) is 0 Å². The van der Waals surface area contributed by atoms with Crippen LogP contribution in [0.5, 0.6) is 23.0 Å². The van der Waals surface area contributed by atoms with Crippen LogP contribution < -0.4 is 0 Å². The molecule has 0 saturated carbocycles. The van der Waals surface area contributed by atoms with Gasteiger partial charge in [0.1, 0.15) is 0 Å². The van der Waals surface area contributed by atoms with Crippen LogP contribution >= 0.6 is 0 Å². The second-order valence-electron chi connectivity index (χ2n) is 6.56. The molecule has 0 unspecified atom stereocenters. The Labute approximate surface area is 167 Å². The van der Waals surface area contributed by atoms with Gasteiger partial charge in [-0.15, -0.1) is 0 Å². The maximum atomic E-state index is 9.49. The van der Waals surface area contributed by atoms with Gasteiger partial charge in [-0.25, -0.2) is 0 Å². The monoisotopic (exact) mass is 418 g/mol. The Morgan fingerprint density at radius 1 is 0.520 bits per heavy atom. The molecule has 0 aliphatic heterocycles. The van der Waals surface area contributed by atoms with Crippen molar-refractivity contribution in [1.29, 1.82) is 0 Å². The van der Waals surface area contributed by atoms with Crippen molar-refractivity contribution in [2.24, 2.45) is 0 Å². The van der Waals surface area contributed by atoms with Gasteiger partial charge in [0, 0.05) is 37.3 Å². The molecule has 0 amide bonds. The van der Waals surface area contributed by atoms with Gasteiger partial charge >= 0.3 is 0 Å². The van der Waals surface area contributed by atoms with Crippen LogP contribution in [0.3, 0.4) is 0 Å². The van der Waals surface area contributed by atoms with E-state index in [1.165, 1.54) is 24.0 Å². The fourth-order valence-electron chi connectivity index (χ4n) is 3.59. The molecule has 2 aliphatic carbocycles. The van der Waals surface area contributed by atoms with Crippen LogP contribution in [-0.2, 0) is 51.9 Å². The zero-order chi connectivity index (χ0) is 17.1. The van der Waals surface area contributed by atoms with Crippen LogP contribution in [0.25, 0.3) is 0 Å². The molecule has 0 radical (unpaired) electrons. The zero-order valence-electron chi connectivity index (χ0n) is 14.3. The summed E-state index contributed by atoms with van der Waals surface area (Å²) in [6, 6.07) is 6.95. The average molecular weight is 420 g/mol. The molecule has 5 heteroatoms. The van der Waals surface area contributed by atoms with Crippen molar-refractivity contribution in [3.8, 4) is 23.0 Å². The first kappa shape index (κ1) is 19.8. The Morgan fingerprint density at radius 2 is 0.880 bits per heavy atom. The van der Waals surface area contributed by atoms with Gasteiger partial charge in [-0.05, 0) is 74.6 Å². The molecule has 132 valence electrons. The molecule has 4 rings (SSSR count). The second-order valence-corrected chi connectivity index (χ2v) is 6.56. The van der Waals surface area contributed by atoms with Gasteiger partial charge in [-0.3, -0.25) is 0 Å². The Hall–Kier alpha value is -1.48. The number of fused-ring (bicyclic) bond motifs is 2. The summed E-state index contributed by atoms with van der Waals surface area (Å²) in [5.74, 6) is 0.200. The minimum Gasteiger partial charge on any atom is -0.504 e. The first-order valence-electron chi connectivity index (χ1n) is 8.63. The van der Waals surface area contributed by atoms with E-state index in [9.17, 15) is 20.4 Å². The summed E-state index contributed by atoms with van der Waals surface area (Å²) in [7, 11) is 0. The van der Waals surface area contributed by atoms with Gasteiger partial charge in [0.2, 0.25) is 0 Å². The number of hydrogen-bond donors (Lipinski definition) is 4. The van der Waals surface area contributed by atoms with E-state index >= 15 is 0 Å². The Kier molecular flexibility index (Phi) is 6.95. The minimum atomic E-state index is 0. The molecule has 0 heterocycles. The summed E-state index contributed by atoms with van der Waals surface area (Å²) in [5.41, 5.74) is 4.27. The molecular formula is C20H24O4Zr. The molecule has 0 fully saturated rings. The fraction of sp³-hybridized carbons (Fsp3) is 0.400. The van der Waals surface area contributed by atoms with Crippen molar-refractivity contribution in [2.75, 3.05) is 0 Å². The predicted octanol–water partition coefficient (Wildman–Crippen LogP) is 3.95. The summed E-state index contributed by atoms with van der Waals surface area (Å²) in [5, 5.41) is 37.4. The number of phenolic OH excluding ortho intramolecular Hbond substituents is 4. The number of aryl methyl sites for hydroxylation is 2. The van der Waals surface area contributed by atoms with Crippen LogP contribution in [0.2, 0.25) is 0 Å². The molecule has 0 aromatic heterocycles. The maximum Gasteiger partial charge on any atom is 0.160 e. The fourth-order valence-corrected chi connectivity index (χ4v) is 3.59. The molecule has 0 spiro atoms. The van der Waals surface area contributed by atoms with Gasteiger partial charge < -0.3 is 20.4 Å². The summed E-state index contributed by atoms with van der Waals surface area (Å²) in [4.78, 5) is 0. The smallest absolute Gasteiger partial charge is 0.160 e. The third-order valence-corrected chi connectivity index (χ3v) is 4.96. The topological polar surface area (TPSA) is 80.9 Å². The third-order valence-electron chi connectivity index (χ3n) is 4.96. The molecule has 0 saturated heterocycles. The number of aromatic hydroxyl groups is 4.